The molecule has 0 saturated carbocycles. The average Bonchev–Trinajstić information content (AvgIpc) is 2.73. The van der Waals surface area contributed by atoms with Crippen LogP contribution in [0, 0.1) is 5.82 Å². The van der Waals surface area contributed by atoms with Crippen LogP contribution < -0.4 is 4.74 Å². The van der Waals surface area contributed by atoms with Gasteiger partial charge in [-0.05, 0) is 65.0 Å². The molecule has 0 fully saturated rings. The molecular formula is C25H17FO4. The molecule has 0 spiro atoms. The number of benzene rings is 4. The van der Waals surface area contributed by atoms with Crippen LogP contribution in [0.4, 0.5) is 4.39 Å². The SMILES string of the molecule is C=C(C(=O)O)c1ccc(Oc2c(-c3cccc(F)c3)ccc3cc(O)ccc23)cc1. The number of phenols is 1. The van der Waals surface area contributed by atoms with E-state index in [0.29, 0.717) is 28.2 Å². The fourth-order valence-corrected chi connectivity index (χ4v) is 3.25. The molecule has 4 nitrogen and oxygen atoms in total. The molecule has 2 N–H and O–H groups in total. The Labute approximate surface area is 172 Å². The van der Waals surface area contributed by atoms with Crippen LogP contribution in [0.5, 0.6) is 17.2 Å². The molecule has 0 radical (unpaired) electrons. The number of hydrogen-bond donors (Lipinski definition) is 2. The van der Waals surface area contributed by atoms with E-state index in [1.54, 1.807) is 54.6 Å². The second kappa shape index (κ2) is 7.72. The van der Waals surface area contributed by atoms with Crippen molar-refractivity contribution in [1.82, 2.24) is 0 Å². The summed E-state index contributed by atoms with van der Waals surface area (Å²) < 4.78 is 20.0. The first-order valence-electron chi connectivity index (χ1n) is 9.14. The van der Waals surface area contributed by atoms with Crippen molar-refractivity contribution in [3.63, 3.8) is 0 Å². The van der Waals surface area contributed by atoms with Gasteiger partial charge in [0.25, 0.3) is 0 Å². The van der Waals surface area contributed by atoms with Gasteiger partial charge in [0.15, 0.2) is 0 Å². The molecule has 0 aromatic heterocycles. The molecule has 0 aliphatic carbocycles. The summed E-state index contributed by atoms with van der Waals surface area (Å²) in [6, 6.07) is 21.3. The highest BCUT2D eigenvalue weighted by Gasteiger charge is 2.14. The number of fused-ring (bicyclic) bond motifs is 1. The number of rotatable bonds is 5. The van der Waals surface area contributed by atoms with E-state index in [1.165, 1.54) is 12.1 Å². The minimum Gasteiger partial charge on any atom is -0.508 e. The van der Waals surface area contributed by atoms with Gasteiger partial charge < -0.3 is 14.9 Å². The third-order valence-corrected chi connectivity index (χ3v) is 4.77. The molecule has 0 aliphatic rings. The molecule has 0 bridgehead atoms. The Morgan fingerprint density at radius 2 is 1.70 bits per heavy atom. The van der Waals surface area contributed by atoms with Crippen LogP contribution in [0.2, 0.25) is 0 Å². The predicted molar refractivity (Wildman–Crippen MR) is 114 cm³/mol. The van der Waals surface area contributed by atoms with Crippen LogP contribution in [0.15, 0.2) is 85.4 Å². The van der Waals surface area contributed by atoms with E-state index in [4.69, 9.17) is 9.84 Å². The molecule has 0 unspecified atom stereocenters. The van der Waals surface area contributed by atoms with Gasteiger partial charge in [-0.2, -0.15) is 0 Å². The van der Waals surface area contributed by atoms with Crippen LogP contribution in [-0.2, 0) is 4.79 Å². The normalized spacial score (nSPS) is 10.7. The monoisotopic (exact) mass is 400 g/mol. The minimum absolute atomic E-state index is 0.0114. The molecule has 148 valence electrons. The standard InChI is InChI=1S/C25H17FO4/c1-15(25(28)29)16-5-9-21(10-6-16)30-24-22(17-3-2-4-19(26)13-17)11-7-18-14-20(27)8-12-23(18)24/h2-14,27H,1H2,(H,28,29). The van der Waals surface area contributed by atoms with E-state index in [-0.39, 0.29) is 17.1 Å². The Morgan fingerprint density at radius 1 is 0.933 bits per heavy atom. The van der Waals surface area contributed by atoms with Gasteiger partial charge in [0.05, 0.1) is 5.57 Å². The van der Waals surface area contributed by atoms with Crippen LogP contribution in [0.1, 0.15) is 5.56 Å². The van der Waals surface area contributed by atoms with Crippen molar-refractivity contribution in [2.45, 2.75) is 0 Å². The van der Waals surface area contributed by atoms with Crippen molar-refractivity contribution < 1.29 is 24.1 Å². The summed E-state index contributed by atoms with van der Waals surface area (Å²) in [5, 5.41) is 20.4. The predicted octanol–water partition coefficient (Wildman–Crippen LogP) is 6.24. The fraction of sp³-hybridized carbons (Fsp3) is 0. The van der Waals surface area contributed by atoms with Crippen LogP contribution in [0.3, 0.4) is 0 Å². The quantitative estimate of drug-likeness (QED) is 0.389. The molecule has 0 saturated heterocycles. The average molecular weight is 400 g/mol. The van der Waals surface area contributed by atoms with Crippen LogP contribution in [-0.4, -0.2) is 16.2 Å². The second-order valence-electron chi connectivity index (χ2n) is 6.77. The van der Waals surface area contributed by atoms with Gasteiger partial charge in [0, 0.05) is 10.9 Å². The highest BCUT2D eigenvalue weighted by atomic mass is 19.1. The Kier molecular flexibility index (Phi) is 4.94. The number of carboxylic acid groups (broad SMARTS) is 1. The minimum atomic E-state index is -1.09. The molecular weight excluding hydrogens is 383 g/mol. The zero-order chi connectivity index (χ0) is 21.3. The molecule has 4 rings (SSSR count). The molecule has 0 amide bonds. The number of aliphatic carboxylic acids is 1. The number of ether oxygens (including phenoxy) is 1. The van der Waals surface area contributed by atoms with E-state index in [0.717, 1.165) is 10.8 Å². The summed E-state index contributed by atoms with van der Waals surface area (Å²) >= 11 is 0. The lowest BCUT2D eigenvalue weighted by molar-refractivity contribution is -0.130. The third kappa shape index (κ3) is 3.73. The number of halogens is 1. The maximum absolute atomic E-state index is 13.8. The Bertz CT molecular complexity index is 1280. The number of hydrogen-bond acceptors (Lipinski definition) is 3. The van der Waals surface area contributed by atoms with E-state index < -0.39 is 5.97 Å². The zero-order valence-corrected chi connectivity index (χ0v) is 15.8. The molecule has 0 atom stereocenters. The highest BCUT2D eigenvalue weighted by molar-refractivity contribution is 6.14. The lowest BCUT2D eigenvalue weighted by Gasteiger charge is -2.15. The fourth-order valence-electron chi connectivity index (χ4n) is 3.25. The van der Waals surface area contributed by atoms with Crippen molar-refractivity contribution >= 4 is 22.3 Å². The Morgan fingerprint density at radius 3 is 2.40 bits per heavy atom. The number of phenolic OH excluding ortho intramolecular Hbond substituents is 1. The van der Waals surface area contributed by atoms with Crippen LogP contribution in [0.25, 0.3) is 27.5 Å². The number of carbonyl (C=O) groups is 1. The molecule has 5 heteroatoms. The van der Waals surface area contributed by atoms with Gasteiger partial charge in [-0.25, -0.2) is 9.18 Å². The van der Waals surface area contributed by atoms with Crippen LogP contribution >= 0.6 is 0 Å². The number of aromatic hydroxyl groups is 1. The van der Waals surface area contributed by atoms with Gasteiger partial charge in [0.2, 0.25) is 0 Å². The van der Waals surface area contributed by atoms with E-state index >= 15 is 0 Å². The van der Waals surface area contributed by atoms with Crippen molar-refractivity contribution in [3.8, 4) is 28.4 Å². The number of carboxylic acids is 1. The third-order valence-electron chi connectivity index (χ3n) is 4.77. The van der Waals surface area contributed by atoms with E-state index in [2.05, 4.69) is 6.58 Å². The highest BCUT2D eigenvalue weighted by Crippen LogP contribution is 2.40. The van der Waals surface area contributed by atoms with Crippen molar-refractivity contribution in [1.29, 1.82) is 0 Å². The smallest absolute Gasteiger partial charge is 0.335 e. The maximum atomic E-state index is 13.8. The van der Waals surface area contributed by atoms with Gasteiger partial charge in [-0.3, -0.25) is 0 Å². The van der Waals surface area contributed by atoms with Crippen molar-refractivity contribution in [2.24, 2.45) is 0 Å². The first kappa shape index (κ1) is 19.2. The summed E-state index contributed by atoms with van der Waals surface area (Å²) in [5.74, 6) is -0.340. The van der Waals surface area contributed by atoms with E-state index in [1.807, 2.05) is 12.1 Å². The molecule has 30 heavy (non-hydrogen) atoms. The summed E-state index contributed by atoms with van der Waals surface area (Å²) in [6.07, 6.45) is 0. The summed E-state index contributed by atoms with van der Waals surface area (Å²) in [6.45, 7) is 3.55. The van der Waals surface area contributed by atoms with Gasteiger partial charge in [-0.1, -0.05) is 36.9 Å². The van der Waals surface area contributed by atoms with Gasteiger partial charge in [-0.15, -0.1) is 0 Å². The largest absolute Gasteiger partial charge is 0.508 e. The lowest BCUT2D eigenvalue weighted by Crippen LogP contribution is -1.97. The summed E-state index contributed by atoms with van der Waals surface area (Å²) in [4.78, 5) is 11.1. The first-order valence-corrected chi connectivity index (χ1v) is 9.14. The molecule has 4 aromatic carbocycles. The van der Waals surface area contributed by atoms with Gasteiger partial charge >= 0.3 is 5.97 Å². The Balaban J connectivity index is 1.82. The molecule has 4 aromatic rings. The summed E-state index contributed by atoms with van der Waals surface area (Å²) in [7, 11) is 0. The maximum Gasteiger partial charge on any atom is 0.335 e. The zero-order valence-electron chi connectivity index (χ0n) is 15.8. The summed E-state index contributed by atoms with van der Waals surface area (Å²) in [5.41, 5.74) is 1.80. The lowest BCUT2D eigenvalue weighted by atomic mass is 9.99. The molecule has 0 heterocycles. The van der Waals surface area contributed by atoms with Gasteiger partial charge in [0.1, 0.15) is 23.1 Å². The second-order valence-corrected chi connectivity index (χ2v) is 6.77. The topological polar surface area (TPSA) is 66.8 Å². The first-order chi connectivity index (χ1) is 14.4. The van der Waals surface area contributed by atoms with Crippen molar-refractivity contribution in [3.05, 3.63) is 96.8 Å². The van der Waals surface area contributed by atoms with Crippen molar-refractivity contribution in [2.75, 3.05) is 0 Å². The van der Waals surface area contributed by atoms with E-state index in [9.17, 15) is 14.3 Å². The molecule has 0 aliphatic heterocycles. The Hall–Kier alpha value is -4.12.